The van der Waals surface area contributed by atoms with E-state index in [1.54, 1.807) is 23.9 Å². The van der Waals surface area contributed by atoms with Gasteiger partial charge in [0.15, 0.2) is 0 Å². The highest BCUT2D eigenvalue weighted by Gasteiger charge is 2.00. The summed E-state index contributed by atoms with van der Waals surface area (Å²) in [7, 11) is 0. The summed E-state index contributed by atoms with van der Waals surface area (Å²) >= 11 is 1.72. The summed E-state index contributed by atoms with van der Waals surface area (Å²) in [6, 6.07) is 13.5. The average molecular weight is 274 g/mol. The van der Waals surface area contributed by atoms with Gasteiger partial charge in [-0.25, -0.2) is 0 Å². The topological polar surface area (TPSA) is 29.5 Å². The van der Waals surface area contributed by atoms with Gasteiger partial charge in [0.1, 0.15) is 11.5 Å². The Morgan fingerprint density at radius 1 is 1.05 bits per heavy atom. The summed E-state index contributed by atoms with van der Waals surface area (Å²) in [5.74, 6) is 2.15. The number of thioether (sulfide) groups is 1. The molecule has 0 heterocycles. The summed E-state index contributed by atoms with van der Waals surface area (Å²) in [5.41, 5.74) is 2.38. The normalized spacial score (nSPS) is 10.4. The summed E-state index contributed by atoms with van der Waals surface area (Å²) in [6.07, 6.45) is 0. The van der Waals surface area contributed by atoms with Gasteiger partial charge in [0.05, 0.1) is 6.61 Å². The van der Waals surface area contributed by atoms with E-state index in [1.807, 2.05) is 12.1 Å². The van der Waals surface area contributed by atoms with Crippen LogP contribution in [0.5, 0.6) is 11.5 Å². The Morgan fingerprint density at radius 2 is 1.79 bits per heavy atom. The summed E-state index contributed by atoms with van der Waals surface area (Å²) < 4.78 is 5.79. The molecule has 0 aliphatic heterocycles. The predicted octanol–water partition coefficient (Wildman–Crippen LogP) is 4.18. The number of phenolic OH excluding ortho intramolecular Hbond substituents is 1. The minimum Gasteiger partial charge on any atom is -0.508 e. The lowest BCUT2D eigenvalue weighted by atomic mass is 10.1. The largest absolute Gasteiger partial charge is 0.508 e. The SMILES string of the molecule is Cc1ccc(C)c(OCCSc2ccc(O)cc2)c1. The van der Waals surface area contributed by atoms with Crippen LogP contribution in [0.15, 0.2) is 47.4 Å². The van der Waals surface area contributed by atoms with E-state index in [9.17, 15) is 5.11 Å². The lowest BCUT2D eigenvalue weighted by Gasteiger charge is -2.09. The second-order valence-electron chi connectivity index (χ2n) is 4.46. The molecule has 2 aromatic rings. The molecule has 2 aromatic carbocycles. The van der Waals surface area contributed by atoms with Crippen molar-refractivity contribution in [2.45, 2.75) is 18.7 Å². The Labute approximate surface area is 118 Å². The first-order chi connectivity index (χ1) is 9.15. The van der Waals surface area contributed by atoms with E-state index >= 15 is 0 Å². The molecule has 0 bridgehead atoms. The van der Waals surface area contributed by atoms with E-state index < -0.39 is 0 Å². The fraction of sp³-hybridized carbons (Fsp3) is 0.250. The van der Waals surface area contributed by atoms with Gasteiger partial charge in [0, 0.05) is 10.6 Å². The van der Waals surface area contributed by atoms with Crippen molar-refractivity contribution in [3.63, 3.8) is 0 Å². The minimum absolute atomic E-state index is 0.302. The van der Waals surface area contributed by atoms with Crippen LogP contribution in [-0.2, 0) is 0 Å². The molecule has 100 valence electrons. The van der Waals surface area contributed by atoms with Crippen molar-refractivity contribution >= 4 is 11.8 Å². The van der Waals surface area contributed by atoms with Crippen molar-refractivity contribution in [3.8, 4) is 11.5 Å². The molecule has 0 aliphatic rings. The number of aryl methyl sites for hydroxylation is 2. The third kappa shape index (κ3) is 4.21. The fourth-order valence-corrected chi connectivity index (χ4v) is 2.45. The van der Waals surface area contributed by atoms with Crippen molar-refractivity contribution in [1.29, 1.82) is 0 Å². The first-order valence-electron chi connectivity index (χ1n) is 6.27. The molecule has 2 nitrogen and oxygen atoms in total. The molecule has 0 saturated carbocycles. The van der Waals surface area contributed by atoms with Gasteiger partial charge in [0.2, 0.25) is 0 Å². The van der Waals surface area contributed by atoms with Crippen molar-refractivity contribution < 1.29 is 9.84 Å². The van der Waals surface area contributed by atoms with E-state index in [1.165, 1.54) is 11.1 Å². The molecule has 0 radical (unpaired) electrons. The van der Waals surface area contributed by atoms with Crippen LogP contribution >= 0.6 is 11.8 Å². The van der Waals surface area contributed by atoms with Gasteiger partial charge in [-0.15, -0.1) is 11.8 Å². The number of aromatic hydroxyl groups is 1. The Kier molecular flexibility index (Phi) is 4.74. The highest BCUT2D eigenvalue weighted by Crippen LogP contribution is 2.22. The van der Waals surface area contributed by atoms with Crippen LogP contribution in [0.25, 0.3) is 0 Å². The quantitative estimate of drug-likeness (QED) is 0.655. The Hall–Kier alpha value is -1.61. The number of benzene rings is 2. The molecule has 0 fully saturated rings. The molecule has 0 spiro atoms. The number of hydrogen-bond acceptors (Lipinski definition) is 3. The standard InChI is InChI=1S/C16H18O2S/c1-12-3-4-13(2)16(11-12)18-9-10-19-15-7-5-14(17)6-8-15/h3-8,11,17H,9-10H2,1-2H3. The van der Waals surface area contributed by atoms with Gasteiger partial charge >= 0.3 is 0 Å². The third-order valence-corrected chi connectivity index (χ3v) is 3.77. The zero-order valence-electron chi connectivity index (χ0n) is 11.2. The highest BCUT2D eigenvalue weighted by molar-refractivity contribution is 7.99. The van der Waals surface area contributed by atoms with Crippen LogP contribution in [0.1, 0.15) is 11.1 Å². The third-order valence-electron chi connectivity index (χ3n) is 2.79. The van der Waals surface area contributed by atoms with Crippen LogP contribution in [0.3, 0.4) is 0 Å². The number of hydrogen-bond donors (Lipinski definition) is 1. The van der Waals surface area contributed by atoms with E-state index in [-0.39, 0.29) is 0 Å². The van der Waals surface area contributed by atoms with Crippen LogP contribution in [0.4, 0.5) is 0 Å². The van der Waals surface area contributed by atoms with E-state index in [2.05, 4.69) is 32.0 Å². The molecule has 2 rings (SSSR count). The van der Waals surface area contributed by atoms with Crippen molar-refractivity contribution in [2.75, 3.05) is 12.4 Å². The van der Waals surface area contributed by atoms with Gasteiger partial charge in [-0.05, 0) is 55.3 Å². The molecule has 3 heteroatoms. The molecule has 0 saturated heterocycles. The first-order valence-corrected chi connectivity index (χ1v) is 7.25. The lowest BCUT2D eigenvalue weighted by molar-refractivity contribution is 0.341. The summed E-state index contributed by atoms with van der Waals surface area (Å²) in [5, 5.41) is 9.20. The minimum atomic E-state index is 0.302. The molecule has 0 unspecified atom stereocenters. The molecule has 0 amide bonds. The van der Waals surface area contributed by atoms with Gasteiger partial charge in [-0.1, -0.05) is 12.1 Å². The van der Waals surface area contributed by atoms with Crippen LogP contribution in [0.2, 0.25) is 0 Å². The number of phenols is 1. The lowest BCUT2D eigenvalue weighted by Crippen LogP contribution is -2.01. The van der Waals surface area contributed by atoms with Crippen molar-refractivity contribution in [2.24, 2.45) is 0 Å². The molecular formula is C16H18O2S. The summed E-state index contributed by atoms with van der Waals surface area (Å²) in [4.78, 5) is 1.14. The van der Waals surface area contributed by atoms with E-state index in [0.29, 0.717) is 12.4 Å². The zero-order valence-corrected chi connectivity index (χ0v) is 12.0. The zero-order chi connectivity index (χ0) is 13.7. The Morgan fingerprint density at radius 3 is 2.53 bits per heavy atom. The van der Waals surface area contributed by atoms with Gasteiger partial charge in [-0.3, -0.25) is 0 Å². The van der Waals surface area contributed by atoms with Crippen LogP contribution in [0, 0.1) is 13.8 Å². The maximum atomic E-state index is 9.20. The average Bonchev–Trinajstić information content (AvgIpc) is 2.40. The predicted molar refractivity (Wildman–Crippen MR) is 80.2 cm³/mol. The first kappa shape index (κ1) is 13.8. The van der Waals surface area contributed by atoms with E-state index in [0.717, 1.165) is 16.4 Å². The van der Waals surface area contributed by atoms with Gasteiger partial charge < -0.3 is 9.84 Å². The van der Waals surface area contributed by atoms with E-state index in [4.69, 9.17) is 4.74 Å². The second-order valence-corrected chi connectivity index (χ2v) is 5.63. The molecule has 0 atom stereocenters. The number of ether oxygens (including phenoxy) is 1. The highest BCUT2D eigenvalue weighted by atomic mass is 32.2. The molecule has 1 N–H and O–H groups in total. The van der Waals surface area contributed by atoms with Crippen molar-refractivity contribution in [3.05, 3.63) is 53.6 Å². The van der Waals surface area contributed by atoms with Crippen LogP contribution < -0.4 is 4.74 Å². The number of rotatable bonds is 5. The molecule has 0 aliphatic carbocycles. The maximum Gasteiger partial charge on any atom is 0.122 e. The van der Waals surface area contributed by atoms with Crippen LogP contribution in [-0.4, -0.2) is 17.5 Å². The Balaban J connectivity index is 1.80. The maximum absolute atomic E-state index is 9.20. The monoisotopic (exact) mass is 274 g/mol. The molecule has 19 heavy (non-hydrogen) atoms. The van der Waals surface area contributed by atoms with Gasteiger partial charge in [-0.2, -0.15) is 0 Å². The van der Waals surface area contributed by atoms with Gasteiger partial charge in [0.25, 0.3) is 0 Å². The Bertz CT molecular complexity index is 535. The molecule has 0 aromatic heterocycles. The van der Waals surface area contributed by atoms with Crippen molar-refractivity contribution in [1.82, 2.24) is 0 Å². The summed E-state index contributed by atoms with van der Waals surface area (Å²) in [6.45, 7) is 4.80. The fourth-order valence-electron chi connectivity index (χ4n) is 1.72. The second kappa shape index (κ2) is 6.53. The smallest absolute Gasteiger partial charge is 0.122 e. The molecular weight excluding hydrogens is 256 g/mol.